The van der Waals surface area contributed by atoms with E-state index < -0.39 is 0 Å². The molecule has 2 rings (SSSR count). The van der Waals surface area contributed by atoms with Crippen LogP contribution in [0.25, 0.3) is 11.1 Å². The van der Waals surface area contributed by atoms with E-state index in [9.17, 15) is 5.11 Å². The van der Waals surface area contributed by atoms with Crippen LogP contribution in [0.15, 0.2) is 47.9 Å². The highest BCUT2D eigenvalue weighted by Crippen LogP contribution is 2.26. The first-order valence-electron chi connectivity index (χ1n) is 8.54. The van der Waals surface area contributed by atoms with Crippen LogP contribution in [0.3, 0.4) is 0 Å². The van der Waals surface area contributed by atoms with Crippen molar-refractivity contribution in [1.29, 1.82) is 0 Å². The Morgan fingerprint density at radius 2 is 2.17 bits per heavy atom. The lowest BCUT2D eigenvalue weighted by molar-refractivity contribution is 0.138. The molecule has 1 N–H and O–H groups in total. The summed E-state index contributed by atoms with van der Waals surface area (Å²) in [6, 6.07) is 9.65. The Balaban J connectivity index is 2.06. The fourth-order valence-corrected chi connectivity index (χ4v) is 2.57. The van der Waals surface area contributed by atoms with Gasteiger partial charge in [0, 0.05) is 23.5 Å². The molecule has 4 heteroatoms. The second-order valence-corrected chi connectivity index (χ2v) is 6.00. The fourth-order valence-electron chi connectivity index (χ4n) is 2.57. The van der Waals surface area contributed by atoms with Crippen molar-refractivity contribution in [2.45, 2.75) is 39.7 Å². The van der Waals surface area contributed by atoms with Gasteiger partial charge in [0.1, 0.15) is 6.61 Å². The highest BCUT2D eigenvalue weighted by Gasteiger charge is 2.09. The van der Waals surface area contributed by atoms with Crippen LogP contribution < -0.4 is 0 Å². The first-order valence-corrected chi connectivity index (χ1v) is 8.54. The van der Waals surface area contributed by atoms with Crippen molar-refractivity contribution in [3.63, 3.8) is 0 Å². The Kier molecular flexibility index (Phi) is 7.43. The maximum atomic E-state index is 9.62. The largest absolute Gasteiger partial charge is 0.396 e. The predicted molar refractivity (Wildman–Crippen MR) is 97.8 cm³/mol. The number of pyridine rings is 1. The van der Waals surface area contributed by atoms with Gasteiger partial charge in [-0.2, -0.15) is 0 Å². The summed E-state index contributed by atoms with van der Waals surface area (Å²) < 4.78 is 0. The van der Waals surface area contributed by atoms with Gasteiger partial charge in [-0.3, -0.25) is 4.98 Å². The lowest BCUT2D eigenvalue weighted by Gasteiger charge is -2.11. The van der Waals surface area contributed by atoms with Gasteiger partial charge < -0.3 is 9.94 Å². The molecule has 4 nitrogen and oxygen atoms in total. The van der Waals surface area contributed by atoms with Crippen molar-refractivity contribution in [2.75, 3.05) is 6.61 Å². The van der Waals surface area contributed by atoms with Crippen molar-refractivity contribution < 1.29 is 9.94 Å². The molecule has 1 heterocycles. The highest BCUT2D eigenvalue weighted by atomic mass is 16.6. The van der Waals surface area contributed by atoms with Crippen LogP contribution in [0, 0.1) is 5.92 Å². The molecule has 0 aliphatic carbocycles. The molecule has 1 unspecified atom stereocenters. The fraction of sp³-hybridized carbons (Fsp3) is 0.400. The van der Waals surface area contributed by atoms with Crippen molar-refractivity contribution >= 4 is 6.21 Å². The Hall–Kier alpha value is -2.20. The summed E-state index contributed by atoms with van der Waals surface area (Å²) in [5.41, 5.74) is 3.67. The van der Waals surface area contributed by atoms with E-state index in [1.54, 1.807) is 18.6 Å². The molecule has 1 atom stereocenters. The minimum atomic E-state index is -0.0261. The van der Waals surface area contributed by atoms with Gasteiger partial charge in [-0.05, 0) is 36.0 Å². The zero-order chi connectivity index (χ0) is 17.2. The van der Waals surface area contributed by atoms with Gasteiger partial charge >= 0.3 is 0 Å². The van der Waals surface area contributed by atoms with E-state index in [0.717, 1.165) is 41.0 Å². The molecule has 1 aromatic carbocycles. The highest BCUT2D eigenvalue weighted by molar-refractivity contribution is 5.91. The second kappa shape index (κ2) is 9.83. The third kappa shape index (κ3) is 5.17. The van der Waals surface area contributed by atoms with E-state index in [0.29, 0.717) is 6.61 Å². The van der Waals surface area contributed by atoms with E-state index in [2.05, 4.69) is 24.0 Å². The summed E-state index contributed by atoms with van der Waals surface area (Å²) in [4.78, 5) is 9.55. The summed E-state index contributed by atoms with van der Waals surface area (Å²) in [6.07, 6.45) is 8.61. The maximum Gasteiger partial charge on any atom is 0.117 e. The van der Waals surface area contributed by atoms with Gasteiger partial charge in [0.15, 0.2) is 0 Å². The quantitative estimate of drug-likeness (QED) is 0.422. The molecule has 0 aliphatic rings. The number of hydrogen-bond donors (Lipinski definition) is 1. The lowest BCUT2D eigenvalue weighted by Crippen LogP contribution is -1.98. The van der Waals surface area contributed by atoms with E-state index in [-0.39, 0.29) is 6.61 Å². The molecular formula is C20H26N2O2. The monoisotopic (exact) mass is 326 g/mol. The number of aliphatic hydroxyl groups excluding tert-OH is 1. The topological polar surface area (TPSA) is 54.7 Å². The van der Waals surface area contributed by atoms with Crippen LogP contribution in [-0.2, 0) is 11.4 Å². The van der Waals surface area contributed by atoms with Crippen molar-refractivity contribution in [1.82, 2.24) is 4.98 Å². The van der Waals surface area contributed by atoms with Crippen LogP contribution >= 0.6 is 0 Å². The van der Waals surface area contributed by atoms with Gasteiger partial charge in [0.05, 0.1) is 12.8 Å². The summed E-state index contributed by atoms with van der Waals surface area (Å²) in [5, 5.41) is 13.7. The molecule has 128 valence electrons. The molecule has 0 fully saturated rings. The molecule has 0 aliphatic heterocycles. The van der Waals surface area contributed by atoms with E-state index in [4.69, 9.17) is 4.84 Å². The van der Waals surface area contributed by atoms with E-state index in [1.807, 2.05) is 30.3 Å². The van der Waals surface area contributed by atoms with Gasteiger partial charge in [-0.25, -0.2) is 0 Å². The standard InChI is InChI=1S/C20H26N2O2/c1-3-16(2)7-6-12-24-22-14-18-8-4-9-19(15-23)20(18)17-10-5-11-21-13-17/h4-5,8-11,13-14,16,23H,3,6-7,12,15H2,1-2H3/b22-14+. The average molecular weight is 326 g/mol. The number of benzene rings is 1. The smallest absolute Gasteiger partial charge is 0.117 e. The lowest BCUT2D eigenvalue weighted by atomic mass is 9.96. The third-order valence-electron chi connectivity index (χ3n) is 4.20. The molecular weight excluding hydrogens is 300 g/mol. The summed E-state index contributed by atoms with van der Waals surface area (Å²) >= 11 is 0. The number of oxime groups is 1. The number of hydrogen-bond acceptors (Lipinski definition) is 4. The van der Waals surface area contributed by atoms with Gasteiger partial charge in [0.2, 0.25) is 0 Å². The normalized spacial score (nSPS) is 12.5. The zero-order valence-electron chi connectivity index (χ0n) is 14.5. The Morgan fingerprint density at radius 1 is 1.29 bits per heavy atom. The predicted octanol–water partition coefficient (Wildman–Crippen LogP) is 4.42. The molecule has 2 aromatic rings. The van der Waals surface area contributed by atoms with Crippen LogP contribution in [0.1, 0.15) is 44.2 Å². The van der Waals surface area contributed by atoms with Crippen LogP contribution in [0.5, 0.6) is 0 Å². The zero-order valence-corrected chi connectivity index (χ0v) is 14.5. The molecule has 0 saturated heterocycles. The number of rotatable bonds is 9. The molecule has 0 radical (unpaired) electrons. The van der Waals surface area contributed by atoms with Crippen molar-refractivity contribution in [3.05, 3.63) is 53.9 Å². The second-order valence-electron chi connectivity index (χ2n) is 6.00. The first kappa shape index (κ1) is 18.1. The van der Waals surface area contributed by atoms with Gasteiger partial charge in [-0.15, -0.1) is 0 Å². The SMILES string of the molecule is CCC(C)CCCO/N=C/c1cccc(CO)c1-c1cccnc1. The minimum Gasteiger partial charge on any atom is -0.396 e. The van der Waals surface area contributed by atoms with Gasteiger partial charge in [0.25, 0.3) is 0 Å². The summed E-state index contributed by atoms with van der Waals surface area (Å²) in [6.45, 7) is 5.06. The molecule has 24 heavy (non-hydrogen) atoms. The molecule has 0 bridgehead atoms. The Labute approximate surface area is 144 Å². The Morgan fingerprint density at radius 3 is 2.88 bits per heavy atom. The molecule has 0 spiro atoms. The van der Waals surface area contributed by atoms with E-state index >= 15 is 0 Å². The van der Waals surface area contributed by atoms with Crippen molar-refractivity contribution in [2.24, 2.45) is 11.1 Å². The first-order chi connectivity index (χ1) is 11.8. The van der Waals surface area contributed by atoms with Crippen LogP contribution in [0.2, 0.25) is 0 Å². The molecule has 0 saturated carbocycles. The summed E-state index contributed by atoms with van der Waals surface area (Å²) in [7, 11) is 0. The summed E-state index contributed by atoms with van der Waals surface area (Å²) in [5.74, 6) is 0.732. The maximum absolute atomic E-state index is 9.62. The average Bonchev–Trinajstić information content (AvgIpc) is 2.64. The number of aromatic nitrogens is 1. The minimum absolute atomic E-state index is 0.0261. The number of aliphatic hydroxyl groups is 1. The van der Waals surface area contributed by atoms with Crippen LogP contribution in [0.4, 0.5) is 0 Å². The van der Waals surface area contributed by atoms with Crippen LogP contribution in [-0.4, -0.2) is 22.9 Å². The Bertz CT molecular complexity index is 641. The van der Waals surface area contributed by atoms with Gasteiger partial charge in [-0.1, -0.05) is 49.7 Å². The van der Waals surface area contributed by atoms with Crippen molar-refractivity contribution in [3.8, 4) is 11.1 Å². The molecule has 1 aromatic heterocycles. The van der Waals surface area contributed by atoms with E-state index in [1.165, 1.54) is 6.42 Å². The number of nitrogens with zero attached hydrogens (tertiary/aromatic N) is 2. The molecule has 0 amide bonds. The third-order valence-corrected chi connectivity index (χ3v) is 4.20.